The van der Waals surface area contributed by atoms with Crippen molar-refractivity contribution in [2.24, 2.45) is 5.92 Å². The highest BCUT2D eigenvalue weighted by molar-refractivity contribution is 5.89. The van der Waals surface area contributed by atoms with E-state index in [0.29, 0.717) is 5.57 Å². The molecule has 7 nitrogen and oxygen atoms in total. The third kappa shape index (κ3) is 3.12. The first-order chi connectivity index (χ1) is 11.9. The highest BCUT2D eigenvalue weighted by Crippen LogP contribution is 2.34. The first kappa shape index (κ1) is 18.1. The van der Waals surface area contributed by atoms with Crippen LogP contribution in [0.25, 0.3) is 0 Å². The minimum absolute atomic E-state index is 0.0273. The summed E-state index contributed by atoms with van der Waals surface area (Å²) in [6, 6.07) is -0.0890. The van der Waals surface area contributed by atoms with E-state index in [1.807, 2.05) is 6.08 Å². The number of aliphatic hydroxyl groups is 2. The molecular formula is C18H25NO6. The summed E-state index contributed by atoms with van der Waals surface area (Å²) >= 11 is 0. The summed E-state index contributed by atoms with van der Waals surface area (Å²) < 4.78 is 11.1. The van der Waals surface area contributed by atoms with Gasteiger partial charge in [-0.15, -0.1) is 0 Å². The molecular weight excluding hydrogens is 326 g/mol. The highest BCUT2D eigenvalue weighted by atomic mass is 16.6. The molecule has 0 bridgehead atoms. The van der Waals surface area contributed by atoms with Crippen LogP contribution in [0.1, 0.15) is 26.7 Å². The van der Waals surface area contributed by atoms with Crippen LogP contribution in [0, 0.1) is 5.92 Å². The van der Waals surface area contributed by atoms with Gasteiger partial charge in [0.15, 0.2) is 5.60 Å². The Bertz CT molecular complexity index is 627. The van der Waals surface area contributed by atoms with E-state index in [1.54, 1.807) is 19.9 Å². The molecule has 0 amide bonds. The Balaban J connectivity index is 1.93. The molecule has 7 heteroatoms. The number of carbonyl (C=O) groups is 2. The molecule has 2 saturated heterocycles. The lowest BCUT2D eigenvalue weighted by Crippen LogP contribution is -2.50. The minimum atomic E-state index is -2.05. The zero-order valence-electron chi connectivity index (χ0n) is 14.6. The quantitative estimate of drug-likeness (QED) is 0.395. The van der Waals surface area contributed by atoms with Gasteiger partial charge in [-0.2, -0.15) is 0 Å². The van der Waals surface area contributed by atoms with E-state index in [-0.39, 0.29) is 25.2 Å². The van der Waals surface area contributed by atoms with Crippen molar-refractivity contribution < 1.29 is 29.3 Å². The van der Waals surface area contributed by atoms with Gasteiger partial charge in [0.05, 0.1) is 12.6 Å². The Kier molecular flexibility index (Phi) is 4.99. The molecule has 0 radical (unpaired) electrons. The first-order valence-electron chi connectivity index (χ1n) is 8.70. The van der Waals surface area contributed by atoms with Crippen molar-refractivity contribution >= 4 is 11.9 Å². The second-order valence-electron chi connectivity index (χ2n) is 7.03. The number of ether oxygens (including phenoxy) is 2. The molecule has 0 aromatic heterocycles. The molecule has 3 rings (SSSR count). The van der Waals surface area contributed by atoms with Gasteiger partial charge in [-0.25, -0.2) is 9.59 Å². The summed E-state index contributed by atoms with van der Waals surface area (Å²) in [6.45, 7) is 4.12. The summed E-state index contributed by atoms with van der Waals surface area (Å²) in [5.74, 6) is -1.99. The normalized spacial score (nSPS) is 38.5. The van der Waals surface area contributed by atoms with Crippen molar-refractivity contribution in [2.75, 3.05) is 26.3 Å². The van der Waals surface area contributed by atoms with E-state index in [0.717, 1.165) is 25.1 Å². The van der Waals surface area contributed by atoms with Crippen LogP contribution in [0.15, 0.2) is 23.3 Å². The number of allylic oxidation sites excluding steroid dienone is 1. The number of hydrogen-bond acceptors (Lipinski definition) is 7. The predicted molar refractivity (Wildman–Crippen MR) is 88.5 cm³/mol. The Hall–Kier alpha value is -1.70. The van der Waals surface area contributed by atoms with Gasteiger partial charge < -0.3 is 19.7 Å². The Labute approximate surface area is 146 Å². The van der Waals surface area contributed by atoms with Crippen LogP contribution in [-0.4, -0.2) is 71.1 Å². The van der Waals surface area contributed by atoms with Gasteiger partial charge in [0, 0.05) is 24.6 Å². The Morgan fingerprint density at radius 1 is 1.44 bits per heavy atom. The smallest absolute Gasteiger partial charge is 0.341 e. The van der Waals surface area contributed by atoms with Crippen molar-refractivity contribution in [3.05, 3.63) is 23.3 Å². The summed E-state index contributed by atoms with van der Waals surface area (Å²) in [5.41, 5.74) is -0.796. The minimum Gasteiger partial charge on any atom is -0.459 e. The maximum absolute atomic E-state index is 12.6. The lowest BCUT2D eigenvalue weighted by molar-refractivity contribution is -0.176. The molecule has 25 heavy (non-hydrogen) atoms. The van der Waals surface area contributed by atoms with Crippen LogP contribution < -0.4 is 0 Å². The maximum atomic E-state index is 12.6. The van der Waals surface area contributed by atoms with Gasteiger partial charge in [-0.05, 0) is 25.3 Å². The van der Waals surface area contributed by atoms with Crippen molar-refractivity contribution in [3.8, 4) is 0 Å². The van der Waals surface area contributed by atoms with Crippen LogP contribution in [0.2, 0.25) is 0 Å². The van der Waals surface area contributed by atoms with E-state index < -0.39 is 30.1 Å². The molecule has 0 spiro atoms. The fourth-order valence-electron chi connectivity index (χ4n) is 3.85. The van der Waals surface area contributed by atoms with Crippen LogP contribution in [-0.2, 0) is 19.1 Å². The third-order valence-electron chi connectivity index (χ3n) is 5.59. The van der Waals surface area contributed by atoms with Gasteiger partial charge in [-0.1, -0.05) is 19.1 Å². The summed E-state index contributed by atoms with van der Waals surface area (Å²) in [7, 11) is 0. The highest BCUT2D eigenvalue weighted by Gasteiger charge is 2.46. The van der Waals surface area contributed by atoms with Gasteiger partial charge >= 0.3 is 11.9 Å². The van der Waals surface area contributed by atoms with E-state index in [2.05, 4.69) is 4.90 Å². The zero-order chi connectivity index (χ0) is 18.2. The molecule has 2 N–H and O–H groups in total. The van der Waals surface area contributed by atoms with Gasteiger partial charge in [-0.3, -0.25) is 4.90 Å². The number of rotatable bonds is 1. The number of hydrogen-bond donors (Lipinski definition) is 2. The third-order valence-corrected chi connectivity index (χ3v) is 5.59. The van der Waals surface area contributed by atoms with Crippen LogP contribution in [0.3, 0.4) is 0 Å². The van der Waals surface area contributed by atoms with Crippen LogP contribution in [0.4, 0.5) is 0 Å². The fraction of sp³-hybridized carbons (Fsp3) is 0.667. The molecule has 0 aromatic carbocycles. The number of nitrogens with zero attached hydrogens (tertiary/aromatic N) is 1. The molecule has 0 aliphatic carbocycles. The zero-order valence-corrected chi connectivity index (χ0v) is 14.6. The van der Waals surface area contributed by atoms with Crippen molar-refractivity contribution in [3.63, 3.8) is 0 Å². The molecule has 3 aliphatic rings. The van der Waals surface area contributed by atoms with Gasteiger partial charge in [0.1, 0.15) is 12.7 Å². The molecule has 2 unspecified atom stereocenters. The number of aliphatic hydroxyl groups excluding tert-OH is 1. The number of esters is 2. The van der Waals surface area contributed by atoms with Gasteiger partial charge in [0.25, 0.3) is 0 Å². The lowest BCUT2D eigenvalue weighted by atomic mass is 9.84. The van der Waals surface area contributed by atoms with Crippen molar-refractivity contribution in [1.82, 2.24) is 4.90 Å². The van der Waals surface area contributed by atoms with Crippen LogP contribution in [0.5, 0.6) is 0 Å². The molecule has 0 aromatic rings. The largest absolute Gasteiger partial charge is 0.459 e. The molecule has 138 valence electrons. The first-order valence-corrected chi connectivity index (χ1v) is 8.70. The molecule has 4 atom stereocenters. The topological polar surface area (TPSA) is 96.3 Å². The molecule has 2 fully saturated rings. The van der Waals surface area contributed by atoms with Gasteiger partial charge in [0.2, 0.25) is 0 Å². The predicted octanol–water partition coefficient (Wildman–Crippen LogP) is 0.165. The van der Waals surface area contributed by atoms with Crippen molar-refractivity contribution in [1.29, 1.82) is 0 Å². The van der Waals surface area contributed by atoms with E-state index in [4.69, 9.17) is 9.47 Å². The Morgan fingerprint density at radius 3 is 2.88 bits per heavy atom. The summed E-state index contributed by atoms with van der Waals surface area (Å²) in [6.07, 6.45) is 4.20. The van der Waals surface area contributed by atoms with E-state index in [9.17, 15) is 19.8 Å². The van der Waals surface area contributed by atoms with Crippen molar-refractivity contribution in [2.45, 2.75) is 44.4 Å². The fourth-order valence-corrected chi connectivity index (χ4v) is 3.85. The second-order valence-corrected chi connectivity index (χ2v) is 7.03. The van der Waals surface area contributed by atoms with E-state index >= 15 is 0 Å². The molecule has 3 aliphatic heterocycles. The monoisotopic (exact) mass is 351 g/mol. The number of cyclic esters (lactones) is 1. The second kappa shape index (κ2) is 6.90. The van der Waals surface area contributed by atoms with E-state index in [1.165, 1.54) is 0 Å². The lowest BCUT2D eigenvalue weighted by Gasteiger charge is -2.32. The molecule has 0 saturated carbocycles. The average molecular weight is 351 g/mol. The standard InChI is InChI=1S/C18H25NO6/c1-3-12-8-11(2)18(23,10-20)17(22)24-9-13-4-6-19-7-5-14(15(13)19)25-16(12)21/h3-4,11,14-15,20,23H,5-10H2,1-2H3/b12-3-/t11-,14?,15?,18-/m1/s1. The average Bonchev–Trinajstić information content (AvgIpc) is 3.18. The SMILES string of the molecule is C/C=C1/C[C@@H](C)[C@](O)(CO)C(=O)OCC2=CCN3CCC(OC1=O)C23. The maximum Gasteiger partial charge on any atom is 0.341 e. The summed E-state index contributed by atoms with van der Waals surface area (Å²) in [4.78, 5) is 27.2. The summed E-state index contributed by atoms with van der Waals surface area (Å²) in [5, 5.41) is 20.2. The number of carbonyl (C=O) groups excluding carboxylic acids is 2. The van der Waals surface area contributed by atoms with Crippen LogP contribution >= 0.6 is 0 Å². The Morgan fingerprint density at radius 2 is 2.20 bits per heavy atom. The molecule has 3 heterocycles.